The van der Waals surface area contributed by atoms with Crippen LogP contribution >= 0.6 is 43.2 Å². The summed E-state index contributed by atoms with van der Waals surface area (Å²) < 4.78 is 13.1. The Morgan fingerprint density at radius 3 is 2.76 bits per heavy atom. The van der Waals surface area contributed by atoms with Gasteiger partial charge < -0.3 is 14.8 Å². The number of benzene rings is 1. The predicted octanol–water partition coefficient (Wildman–Crippen LogP) is 4.59. The molecule has 0 saturated heterocycles. The maximum atomic E-state index is 6.00. The van der Waals surface area contributed by atoms with Crippen molar-refractivity contribution < 1.29 is 9.47 Å². The van der Waals surface area contributed by atoms with E-state index < -0.39 is 0 Å². The summed E-state index contributed by atoms with van der Waals surface area (Å²) in [5.41, 5.74) is 1.14. The SMILES string of the molecule is COCCNCc1cccc(Br)c1OCc1ccc(Br)s1. The van der Waals surface area contributed by atoms with E-state index >= 15 is 0 Å². The zero-order chi connectivity index (χ0) is 15.1. The number of nitrogens with one attached hydrogen (secondary N) is 1. The van der Waals surface area contributed by atoms with E-state index in [1.807, 2.05) is 18.2 Å². The molecule has 0 aliphatic heterocycles. The van der Waals surface area contributed by atoms with E-state index in [4.69, 9.17) is 9.47 Å². The minimum Gasteiger partial charge on any atom is -0.487 e. The molecular weight excluding hydrogens is 418 g/mol. The van der Waals surface area contributed by atoms with Crippen LogP contribution in [0, 0.1) is 0 Å². The van der Waals surface area contributed by atoms with Gasteiger partial charge in [0.2, 0.25) is 0 Å². The van der Waals surface area contributed by atoms with E-state index in [9.17, 15) is 0 Å². The van der Waals surface area contributed by atoms with Crippen LogP contribution in [-0.2, 0) is 17.9 Å². The number of halogens is 2. The molecule has 0 bridgehead atoms. The average Bonchev–Trinajstić information content (AvgIpc) is 2.88. The number of para-hydroxylation sites is 1. The second-order valence-electron chi connectivity index (χ2n) is 4.39. The molecule has 1 aromatic heterocycles. The van der Waals surface area contributed by atoms with Gasteiger partial charge in [0.15, 0.2) is 0 Å². The molecule has 0 spiro atoms. The van der Waals surface area contributed by atoms with Crippen molar-refractivity contribution in [3.05, 3.63) is 49.0 Å². The van der Waals surface area contributed by atoms with E-state index in [2.05, 4.69) is 49.3 Å². The predicted molar refractivity (Wildman–Crippen MR) is 94.1 cm³/mol. The molecule has 3 nitrogen and oxygen atoms in total. The Bertz CT molecular complexity index is 575. The fourth-order valence-corrected chi connectivity index (χ4v) is 3.74. The van der Waals surface area contributed by atoms with Gasteiger partial charge in [-0.25, -0.2) is 0 Å². The lowest BCUT2D eigenvalue weighted by Crippen LogP contribution is -2.19. The summed E-state index contributed by atoms with van der Waals surface area (Å²) in [5, 5.41) is 3.34. The van der Waals surface area contributed by atoms with Gasteiger partial charge in [0, 0.05) is 30.6 Å². The monoisotopic (exact) mass is 433 g/mol. The molecule has 2 rings (SSSR count). The Morgan fingerprint density at radius 2 is 2.05 bits per heavy atom. The van der Waals surface area contributed by atoms with Crippen LogP contribution in [0.1, 0.15) is 10.4 Å². The summed E-state index contributed by atoms with van der Waals surface area (Å²) in [5.74, 6) is 0.895. The second kappa shape index (κ2) is 8.90. The highest BCUT2D eigenvalue weighted by atomic mass is 79.9. The molecule has 0 radical (unpaired) electrons. The molecule has 0 unspecified atom stereocenters. The van der Waals surface area contributed by atoms with E-state index in [1.165, 1.54) is 4.88 Å². The summed E-state index contributed by atoms with van der Waals surface area (Å²) in [4.78, 5) is 1.19. The largest absolute Gasteiger partial charge is 0.487 e. The van der Waals surface area contributed by atoms with Crippen molar-refractivity contribution in [3.63, 3.8) is 0 Å². The van der Waals surface area contributed by atoms with Crippen LogP contribution in [0.5, 0.6) is 5.75 Å². The normalized spacial score (nSPS) is 10.8. The first kappa shape index (κ1) is 17.0. The van der Waals surface area contributed by atoms with Gasteiger partial charge in [-0.3, -0.25) is 0 Å². The van der Waals surface area contributed by atoms with Crippen molar-refractivity contribution in [3.8, 4) is 5.75 Å². The molecule has 0 aliphatic carbocycles. The lowest BCUT2D eigenvalue weighted by molar-refractivity contribution is 0.199. The lowest BCUT2D eigenvalue weighted by Gasteiger charge is -2.13. The molecular formula is C15H17Br2NO2S. The van der Waals surface area contributed by atoms with Crippen molar-refractivity contribution in [2.45, 2.75) is 13.2 Å². The van der Waals surface area contributed by atoms with Crippen LogP contribution in [0.15, 0.2) is 38.6 Å². The van der Waals surface area contributed by atoms with Gasteiger partial charge in [-0.05, 0) is 50.1 Å². The van der Waals surface area contributed by atoms with Crippen LogP contribution in [0.4, 0.5) is 0 Å². The van der Waals surface area contributed by atoms with E-state index in [-0.39, 0.29) is 0 Å². The summed E-state index contributed by atoms with van der Waals surface area (Å²) >= 11 is 8.72. The number of methoxy groups -OCH3 is 1. The second-order valence-corrected chi connectivity index (χ2v) is 7.79. The summed E-state index contributed by atoms with van der Waals surface area (Å²) in [6.07, 6.45) is 0. The van der Waals surface area contributed by atoms with Gasteiger partial charge >= 0.3 is 0 Å². The molecule has 0 amide bonds. The van der Waals surface area contributed by atoms with Gasteiger partial charge in [0.25, 0.3) is 0 Å². The summed E-state index contributed by atoms with van der Waals surface area (Å²) in [6, 6.07) is 10.2. The van der Waals surface area contributed by atoms with Crippen LogP contribution in [-0.4, -0.2) is 20.3 Å². The third-order valence-corrected chi connectivity index (χ3v) is 5.06. The topological polar surface area (TPSA) is 30.5 Å². The maximum absolute atomic E-state index is 6.00. The van der Waals surface area contributed by atoms with Crippen LogP contribution in [0.25, 0.3) is 0 Å². The molecule has 2 aromatic rings. The van der Waals surface area contributed by atoms with Crippen molar-refractivity contribution >= 4 is 43.2 Å². The highest BCUT2D eigenvalue weighted by Crippen LogP contribution is 2.31. The lowest BCUT2D eigenvalue weighted by atomic mass is 10.2. The third kappa shape index (κ3) is 5.38. The molecule has 6 heteroatoms. The first-order valence-corrected chi connectivity index (χ1v) is 8.95. The van der Waals surface area contributed by atoms with Gasteiger partial charge in [-0.1, -0.05) is 12.1 Å². The number of hydrogen-bond donors (Lipinski definition) is 1. The van der Waals surface area contributed by atoms with Crippen molar-refractivity contribution in [2.24, 2.45) is 0 Å². The van der Waals surface area contributed by atoms with Crippen molar-refractivity contribution in [1.82, 2.24) is 5.32 Å². The maximum Gasteiger partial charge on any atom is 0.138 e. The minimum absolute atomic E-state index is 0.573. The van der Waals surface area contributed by atoms with Gasteiger partial charge in [0.1, 0.15) is 12.4 Å². The first-order valence-electron chi connectivity index (χ1n) is 6.54. The van der Waals surface area contributed by atoms with Crippen LogP contribution < -0.4 is 10.1 Å². The van der Waals surface area contributed by atoms with Gasteiger partial charge in [-0.2, -0.15) is 0 Å². The fraction of sp³-hybridized carbons (Fsp3) is 0.333. The molecule has 0 fully saturated rings. The number of ether oxygens (including phenoxy) is 2. The Balaban J connectivity index is 1.99. The van der Waals surface area contributed by atoms with Crippen molar-refractivity contribution in [1.29, 1.82) is 0 Å². The van der Waals surface area contributed by atoms with Crippen molar-refractivity contribution in [2.75, 3.05) is 20.3 Å². The molecule has 1 heterocycles. The summed E-state index contributed by atoms with van der Waals surface area (Å²) in [7, 11) is 1.70. The molecule has 0 atom stereocenters. The fourth-order valence-electron chi connectivity index (χ4n) is 1.82. The first-order chi connectivity index (χ1) is 10.2. The average molecular weight is 435 g/mol. The Labute approximate surface area is 145 Å². The molecule has 21 heavy (non-hydrogen) atoms. The van der Waals surface area contributed by atoms with E-state index in [1.54, 1.807) is 18.4 Å². The Hall–Kier alpha value is -0.400. The molecule has 0 saturated carbocycles. The highest BCUT2D eigenvalue weighted by molar-refractivity contribution is 9.11. The molecule has 0 aliphatic rings. The third-order valence-electron chi connectivity index (χ3n) is 2.83. The zero-order valence-corrected chi connectivity index (χ0v) is 15.7. The summed E-state index contributed by atoms with van der Waals surface area (Å²) in [6.45, 7) is 2.85. The Morgan fingerprint density at radius 1 is 1.19 bits per heavy atom. The standard InChI is InChI=1S/C15H17Br2NO2S/c1-19-8-7-18-9-11-3-2-4-13(16)15(11)20-10-12-5-6-14(17)21-12/h2-6,18H,7-10H2,1H3. The van der Waals surface area contributed by atoms with Crippen LogP contribution in [0.2, 0.25) is 0 Å². The van der Waals surface area contributed by atoms with Gasteiger partial charge in [0.05, 0.1) is 14.9 Å². The number of thiophene rings is 1. The number of hydrogen-bond acceptors (Lipinski definition) is 4. The highest BCUT2D eigenvalue weighted by Gasteiger charge is 2.09. The smallest absolute Gasteiger partial charge is 0.138 e. The molecule has 1 N–H and O–H groups in total. The minimum atomic E-state index is 0.573. The number of rotatable bonds is 8. The van der Waals surface area contributed by atoms with E-state index in [0.29, 0.717) is 13.2 Å². The molecule has 1 aromatic carbocycles. The van der Waals surface area contributed by atoms with Gasteiger partial charge in [-0.15, -0.1) is 11.3 Å². The Kier molecular flexibility index (Phi) is 7.19. The van der Waals surface area contributed by atoms with Crippen LogP contribution in [0.3, 0.4) is 0 Å². The van der Waals surface area contributed by atoms with E-state index in [0.717, 1.165) is 32.7 Å². The zero-order valence-electron chi connectivity index (χ0n) is 11.7. The quantitative estimate of drug-likeness (QED) is 0.616. The molecule has 114 valence electrons.